The van der Waals surface area contributed by atoms with Crippen LogP contribution in [0.5, 0.6) is 0 Å². The molecule has 2 fully saturated rings. The molecule has 3 N–H and O–H groups in total. The molecule has 24 heavy (non-hydrogen) atoms. The number of rotatable bonds is 1. The molecule has 0 spiro atoms. The first-order valence-corrected chi connectivity index (χ1v) is 9.11. The summed E-state index contributed by atoms with van der Waals surface area (Å²) < 4.78 is 21.0. The van der Waals surface area contributed by atoms with Crippen LogP contribution < -0.4 is 5.73 Å². The lowest BCUT2D eigenvalue weighted by Gasteiger charge is -2.15. The number of aromatic nitrogens is 3. The minimum Gasteiger partial charge on any atom is -0.391 e. The second kappa shape index (κ2) is 7.76. The Hall–Kier alpha value is -1.25. The van der Waals surface area contributed by atoms with E-state index in [1.807, 2.05) is 0 Å². The quantitative estimate of drug-likeness (QED) is 0.767. The summed E-state index contributed by atoms with van der Waals surface area (Å²) in [4.78, 5) is 3.83. The third-order valence-electron chi connectivity index (χ3n) is 4.50. The Kier molecular flexibility index (Phi) is 5.68. The van der Waals surface area contributed by atoms with Gasteiger partial charge >= 0.3 is 0 Å². The molecule has 0 aromatic carbocycles. The predicted molar refractivity (Wildman–Crippen MR) is 92.3 cm³/mol. The number of hydrogen-bond acceptors (Lipinski definition) is 5. The van der Waals surface area contributed by atoms with E-state index >= 15 is 0 Å². The molecule has 0 bridgehead atoms. The Labute approximate surface area is 148 Å². The molecule has 6 nitrogen and oxygen atoms in total. The van der Waals surface area contributed by atoms with Gasteiger partial charge in [-0.15, -0.1) is 5.10 Å². The molecule has 2 aromatic heterocycles. The standard InChI is InChI=1S/C11H12BrFN4.C5H10O2/c12-8-9(13)7-5-15-11(14)16-17(7)10(8)6-3-1-2-4-6;6-5-2-1-3-7-4-5/h5-6H,1-4H2,(H2,14,16);5-6H,1-4H2. The summed E-state index contributed by atoms with van der Waals surface area (Å²) in [5.74, 6) is 0.224. The van der Waals surface area contributed by atoms with Gasteiger partial charge < -0.3 is 15.6 Å². The van der Waals surface area contributed by atoms with Crippen molar-refractivity contribution in [2.24, 2.45) is 0 Å². The molecule has 2 aromatic rings. The SMILES string of the molecule is Nc1ncc2c(F)c(Br)c(C3CCCC3)n2n1.OC1CCCOC1. The number of nitrogens with two attached hydrogens (primary N) is 1. The van der Waals surface area contributed by atoms with Crippen LogP contribution in [0.15, 0.2) is 10.7 Å². The van der Waals surface area contributed by atoms with E-state index in [1.165, 1.54) is 19.0 Å². The molecular formula is C16H22BrFN4O2. The largest absolute Gasteiger partial charge is 0.391 e. The van der Waals surface area contributed by atoms with Crippen LogP contribution in [0, 0.1) is 5.82 Å². The fourth-order valence-electron chi connectivity index (χ4n) is 3.29. The van der Waals surface area contributed by atoms with Crippen molar-refractivity contribution >= 4 is 27.4 Å². The highest BCUT2D eigenvalue weighted by Crippen LogP contribution is 2.40. The van der Waals surface area contributed by atoms with Gasteiger partial charge in [0.05, 0.1) is 29.1 Å². The van der Waals surface area contributed by atoms with E-state index in [1.54, 1.807) is 4.52 Å². The van der Waals surface area contributed by atoms with Gasteiger partial charge in [-0.05, 0) is 41.6 Å². The predicted octanol–water partition coefficient (Wildman–Crippen LogP) is 3.03. The summed E-state index contributed by atoms with van der Waals surface area (Å²) in [7, 11) is 0. The maximum absolute atomic E-state index is 14.0. The van der Waals surface area contributed by atoms with Crippen LogP contribution in [0.25, 0.3) is 5.52 Å². The fourth-order valence-corrected chi connectivity index (χ4v) is 3.99. The monoisotopic (exact) mass is 400 g/mol. The van der Waals surface area contributed by atoms with E-state index in [4.69, 9.17) is 15.6 Å². The van der Waals surface area contributed by atoms with Crippen LogP contribution in [0.3, 0.4) is 0 Å². The first-order chi connectivity index (χ1) is 11.6. The molecule has 3 heterocycles. The van der Waals surface area contributed by atoms with Crippen molar-refractivity contribution in [1.29, 1.82) is 0 Å². The maximum atomic E-state index is 14.0. The molecule has 1 saturated heterocycles. The van der Waals surface area contributed by atoms with Gasteiger partial charge in [-0.25, -0.2) is 13.9 Å². The number of nitrogen functional groups attached to an aromatic ring is 1. The van der Waals surface area contributed by atoms with Gasteiger partial charge in [0.1, 0.15) is 5.52 Å². The van der Waals surface area contributed by atoms with Crippen LogP contribution in [0.1, 0.15) is 50.1 Å². The van der Waals surface area contributed by atoms with Crippen LogP contribution in [-0.2, 0) is 4.74 Å². The molecule has 1 aliphatic carbocycles. The molecule has 1 unspecified atom stereocenters. The summed E-state index contributed by atoms with van der Waals surface area (Å²) in [6.07, 6.45) is 7.71. The Morgan fingerprint density at radius 1 is 1.29 bits per heavy atom. The van der Waals surface area contributed by atoms with E-state index in [0.717, 1.165) is 38.0 Å². The van der Waals surface area contributed by atoms with E-state index in [9.17, 15) is 4.39 Å². The number of aliphatic hydroxyl groups excluding tert-OH is 1. The molecule has 8 heteroatoms. The van der Waals surface area contributed by atoms with Crippen molar-refractivity contribution in [1.82, 2.24) is 14.6 Å². The second-order valence-electron chi connectivity index (χ2n) is 6.28. The third-order valence-corrected chi connectivity index (χ3v) is 5.25. The zero-order chi connectivity index (χ0) is 17.1. The summed E-state index contributed by atoms with van der Waals surface area (Å²) in [5, 5.41) is 12.9. The van der Waals surface area contributed by atoms with Crippen molar-refractivity contribution in [2.75, 3.05) is 18.9 Å². The molecule has 0 amide bonds. The van der Waals surface area contributed by atoms with Crippen LogP contribution >= 0.6 is 15.9 Å². The van der Waals surface area contributed by atoms with Gasteiger partial charge in [0, 0.05) is 12.5 Å². The molecular weight excluding hydrogens is 379 g/mol. The zero-order valence-electron chi connectivity index (χ0n) is 13.4. The van der Waals surface area contributed by atoms with Gasteiger partial charge in [0.25, 0.3) is 0 Å². The average molecular weight is 401 g/mol. The molecule has 1 aliphatic heterocycles. The van der Waals surface area contributed by atoms with Crippen molar-refractivity contribution in [3.05, 3.63) is 22.2 Å². The minimum absolute atomic E-state index is 0.166. The van der Waals surface area contributed by atoms with Crippen molar-refractivity contribution < 1.29 is 14.2 Å². The molecule has 2 aliphatic rings. The lowest BCUT2D eigenvalue weighted by atomic mass is 10.0. The van der Waals surface area contributed by atoms with E-state index < -0.39 is 0 Å². The Balaban J connectivity index is 0.000000203. The minimum atomic E-state index is -0.299. The molecule has 1 atom stereocenters. The average Bonchev–Trinajstić information content (AvgIpc) is 3.17. The highest BCUT2D eigenvalue weighted by Gasteiger charge is 2.27. The fraction of sp³-hybridized carbons (Fsp3) is 0.625. The Bertz CT molecular complexity index is 697. The highest BCUT2D eigenvalue weighted by atomic mass is 79.9. The van der Waals surface area contributed by atoms with Gasteiger partial charge in [0.15, 0.2) is 5.82 Å². The lowest BCUT2D eigenvalue weighted by Crippen LogP contribution is -2.21. The number of nitrogens with zero attached hydrogens (tertiary/aromatic N) is 3. The van der Waals surface area contributed by atoms with Gasteiger partial charge in [-0.2, -0.15) is 0 Å². The van der Waals surface area contributed by atoms with Crippen molar-refractivity contribution in [3.8, 4) is 0 Å². The third kappa shape index (κ3) is 3.70. The lowest BCUT2D eigenvalue weighted by molar-refractivity contribution is -0.00535. The normalized spacial score (nSPS) is 21.7. The molecule has 4 rings (SSSR count). The number of halogens is 2. The number of anilines is 1. The van der Waals surface area contributed by atoms with Crippen LogP contribution in [-0.4, -0.2) is 39.0 Å². The molecule has 1 saturated carbocycles. The highest BCUT2D eigenvalue weighted by molar-refractivity contribution is 9.10. The van der Waals surface area contributed by atoms with Crippen LogP contribution in [0.2, 0.25) is 0 Å². The number of aliphatic hydroxyl groups is 1. The van der Waals surface area contributed by atoms with Crippen molar-refractivity contribution in [3.63, 3.8) is 0 Å². The van der Waals surface area contributed by atoms with Gasteiger partial charge in [-0.1, -0.05) is 12.8 Å². The first kappa shape index (κ1) is 17.6. The van der Waals surface area contributed by atoms with E-state index in [0.29, 0.717) is 22.5 Å². The first-order valence-electron chi connectivity index (χ1n) is 8.32. The van der Waals surface area contributed by atoms with Gasteiger partial charge in [0.2, 0.25) is 5.95 Å². The summed E-state index contributed by atoms with van der Waals surface area (Å²) in [5.41, 5.74) is 6.85. The summed E-state index contributed by atoms with van der Waals surface area (Å²) in [6.45, 7) is 1.37. The number of ether oxygens (including phenoxy) is 1. The van der Waals surface area contributed by atoms with E-state index in [2.05, 4.69) is 26.0 Å². The van der Waals surface area contributed by atoms with Gasteiger partial charge in [-0.3, -0.25) is 0 Å². The Morgan fingerprint density at radius 3 is 2.62 bits per heavy atom. The van der Waals surface area contributed by atoms with E-state index in [-0.39, 0.29) is 17.9 Å². The Morgan fingerprint density at radius 2 is 2.04 bits per heavy atom. The summed E-state index contributed by atoms with van der Waals surface area (Å²) in [6, 6.07) is 0. The van der Waals surface area contributed by atoms with Crippen molar-refractivity contribution in [2.45, 2.75) is 50.5 Å². The van der Waals surface area contributed by atoms with Crippen LogP contribution in [0.4, 0.5) is 10.3 Å². The number of hydrogen-bond donors (Lipinski definition) is 2. The molecule has 0 radical (unpaired) electrons. The zero-order valence-corrected chi connectivity index (χ0v) is 15.0. The maximum Gasteiger partial charge on any atom is 0.238 e. The molecule has 132 valence electrons. The number of fused-ring (bicyclic) bond motifs is 1. The second-order valence-corrected chi connectivity index (χ2v) is 7.07. The smallest absolute Gasteiger partial charge is 0.238 e. The topological polar surface area (TPSA) is 85.7 Å². The summed E-state index contributed by atoms with van der Waals surface area (Å²) >= 11 is 3.32.